The smallest absolute Gasteiger partial charge is 0.236 e. The molecule has 0 aliphatic carbocycles. The van der Waals surface area contributed by atoms with E-state index < -0.39 is 0 Å². The van der Waals surface area contributed by atoms with E-state index >= 15 is 0 Å². The van der Waals surface area contributed by atoms with E-state index in [1.807, 2.05) is 24.1 Å². The lowest BCUT2D eigenvalue weighted by Gasteiger charge is -2.37. The summed E-state index contributed by atoms with van der Waals surface area (Å²) in [5, 5.41) is 0.669. The van der Waals surface area contributed by atoms with Gasteiger partial charge in [-0.1, -0.05) is 36.0 Å². The Bertz CT molecular complexity index is 1010. The zero-order chi connectivity index (χ0) is 21.1. The molecule has 30 heavy (non-hydrogen) atoms. The molecule has 0 spiro atoms. The van der Waals surface area contributed by atoms with E-state index in [1.54, 1.807) is 6.20 Å². The van der Waals surface area contributed by atoms with E-state index in [4.69, 9.17) is 0 Å². The van der Waals surface area contributed by atoms with Crippen molar-refractivity contribution >= 4 is 23.4 Å². The Morgan fingerprint density at radius 2 is 1.70 bits per heavy atom. The molecule has 0 bridgehead atoms. The second kappa shape index (κ2) is 8.96. The number of thioether (sulfide) groups is 1. The van der Waals surface area contributed by atoms with E-state index in [2.05, 4.69) is 70.8 Å². The quantitative estimate of drug-likeness (QED) is 0.577. The number of hydrogen-bond donors (Lipinski definition) is 0. The molecule has 2 heterocycles. The topological polar surface area (TPSA) is 41.4 Å². The summed E-state index contributed by atoms with van der Waals surface area (Å²) >= 11 is 1.53. The normalized spacial score (nSPS) is 15.3. The number of nitrogens with zero attached hydrogens (tertiary/aromatic N) is 4. The summed E-state index contributed by atoms with van der Waals surface area (Å²) in [6.45, 7) is 9.45. The van der Waals surface area contributed by atoms with Crippen LogP contribution in [-0.4, -0.2) is 51.8 Å². The average Bonchev–Trinajstić information content (AvgIpc) is 3.24. The van der Waals surface area contributed by atoms with Gasteiger partial charge in [-0.3, -0.25) is 9.36 Å². The third kappa shape index (κ3) is 4.38. The van der Waals surface area contributed by atoms with Crippen LogP contribution in [0.3, 0.4) is 0 Å². The van der Waals surface area contributed by atoms with Crippen LogP contribution in [0.1, 0.15) is 18.1 Å². The first-order valence-electron chi connectivity index (χ1n) is 10.4. The third-order valence-corrected chi connectivity index (χ3v) is 6.79. The highest BCUT2D eigenvalue weighted by Crippen LogP contribution is 2.27. The lowest BCUT2D eigenvalue weighted by Crippen LogP contribution is -2.50. The molecule has 1 atom stereocenters. The standard InChI is InChI=1S/C24H28N4OS/c1-18-9-10-22(17-19(18)2)28-12-11-25-24(28)30-20(3)23(29)27-15-13-26(14-16-27)21-7-5-4-6-8-21/h4-12,17,20H,13-16H2,1-3H3. The molecule has 0 radical (unpaired) electrons. The van der Waals surface area contributed by atoms with Crippen LogP contribution in [0.25, 0.3) is 5.69 Å². The maximum absolute atomic E-state index is 13.1. The number of aryl methyl sites for hydroxylation is 2. The van der Waals surface area contributed by atoms with Gasteiger partial charge in [-0.05, 0) is 56.2 Å². The number of carbonyl (C=O) groups is 1. The van der Waals surface area contributed by atoms with Gasteiger partial charge in [-0.2, -0.15) is 0 Å². The van der Waals surface area contributed by atoms with Gasteiger partial charge in [0.05, 0.1) is 5.25 Å². The highest BCUT2D eigenvalue weighted by molar-refractivity contribution is 8.00. The minimum absolute atomic E-state index is 0.180. The molecule has 1 aliphatic heterocycles. The number of para-hydroxylation sites is 1. The van der Waals surface area contributed by atoms with Gasteiger partial charge in [-0.25, -0.2) is 4.98 Å². The Balaban J connectivity index is 1.39. The maximum Gasteiger partial charge on any atom is 0.236 e. The van der Waals surface area contributed by atoms with Gasteiger partial charge >= 0.3 is 0 Å². The van der Waals surface area contributed by atoms with Crippen molar-refractivity contribution in [2.24, 2.45) is 0 Å². The van der Waals surface area contributed by atoms with Crippen LogP contribution in [0.4, 0.5) is 5.69 Å². The molecule has 5 nitrogen and oxygen atoms in total. The summed E-state index contributed by atoms with van der Waals surface area (Å²) in [6.07, 6.45) is 3.76. The van der Waals surface area contributed by atoms with Gasteiger partial charge in [0.1, 0.15) is 0 Å². The van der Waals surface area contributed by atoms with Gasteiger partial charge < -0.3 is 9.80 Å². The molecule has 0 N–H and O–H groups in total. The molecule has 1 fully saturated rings. The van der Waals surface area contributed by atoms with Crippen molar-refractivity contribution in [3.05, 3.63) is 72.1 Å². The van der Waals surface area contributed by atoms with E-state index in [0.717, 1.165) is 37.0 Å². The van der Waals surface area contributed by atoms with Crippen LogP contribution < -0.4 is 4.90 Å². The number of aromatic nitrogens is 2. The van der Waals surface area contributed by atoms with Gasteiger partial charge in [0, 0.05) is 49.9 Å². The largest absolute Gasteiger partial charge is 0.368 e. The molecule has 0 saturated carbocycles. The van der Waals surface area contributed by atoms with Crippen molar-refractivity contribution < 1.29 is 4.79 Å². The SMILES string of the molecule is Cc1ccc(-n2ccnc2SC(C)C(=O)N2CCN(c3ccccc3)CC2)cc1C. The summed E-state index contributed by atoms with van der Waals surface area (Å²) in [4.78, 5) is 21.9. The number of anilines is 1. The van der Waals surface area contributed by atoms with Crippen molar-refractivity contribution in [2.75, 3.05) is 31.1 Å². The maximum atomic E-state index is 13.1. The number of hydrogen-bond acceptors (Lipinski definition) is 4. The van der Waals surface area contributed by atoms with Crippen LogP contribution in [0.5, 0.6) is 0 Å². The number of rotatable bonds is 5. The van der Waals surface area contributed by atoms with Crippen LogP contribution in [0.2, 0.25) is 0 Å². The van der Waals surface area contributed by atoms with Crippen LogP contribution >= 0.6 is 11.8 Å². The summed E-state index contributed by atoms with van der Waals surface area (Å²) in [7, 11) is 0. The van der Waals surface area contributed by atoms with Gasteiger partial charge in [0.2, 0.25) is 5.91 Å². The monoisotopic (exact) mass is 420 g/mol. The Morgan fingerprint density at radius 1 is 0.967 bits per heavy atom. The van der Waals surface area contributed by atoms with E-state index in [1.165, 1.54) is 28.6 Å². The zero-order valence-electron chi connectivity index (χ0n) is 17.8. The molecule has 1 aliphatic rings. The second-order valence-corrected chi connectivity index (χ2v) is 9.06. The lowest BCUT2D eigenvalue weighted by molar-refractivity contribution is -0.130. The van der Waals surface area contributed by atoms with Crippen molar-refractivity contribution in [2.45, 2.75) is 31.2 Å². The lowest BCUT2D eigenvalue weighted by atomic mass is 10.1. The Hall–Kier alpha value is -2.73. The van der Waals surface area contributed by atoms with Crippen LogP contribution in [0, 0.1) is 13.8 Å². The summed E-state index contributed by atoms with van der Waals surface area (Å²) in [5.41, 5.74) is 4.82. The minimum atomic E-state index is -0.180. The second-order valence-electron chi connectivity index (χ2n) is 7.76. The molecular formula is C24H28N4OS. The summed E-state index contributed by atoms with van der Waals surface area (Å²) in [6, 6.07) is 16.8. The first-order valence-corrected chi connectivity index (χ1v) is 11.3. The van der Waals surface area contributed by atoms with Crippen molar-refractivity contribution in [1.82, 2.24) is 14.5 Å². The fourth-order valence-corrected chi connectivity index (χ4v) is 4.71. The predicted molar refractivity (Wildman–Crippen MR) is 124 cm³/mol. The fraction of sp³-hybridized carbons (Fsp3) is 0.333. The Morgan fingerprint density at radius 3 is 2.40 bits per heavy atom. The van der Waals surface area contributed by atoms with Gasteiger partial charge in [0.15, 0.2) is 5.16 Å². The number of benzene rings is 2. The first-order chi connectivity index (χ1) is 14.5. The molecule has 2 aromatic carbocycles. The Labute approximate surface area is 182 Å². The number of carbonyl (C=O) groups excluding carboxylic acids is 1. The zero-order valence-corrected chi connectivity index (χ0v) is 18.6. The number of imidazole rings is 1. The molecule has 156 valence electrons. The molecule has 1 unspecified atom stereocenters. The van der Waals surface area contributed by atoms with Crippen molar-refractivity contribution in [3.63, 3.8) is 0 Å². The first kappa shape index (κ1) is 20.5. The average molecular weight is 421 g/mol. The highest BCUT2D eigenvalue weighted by atomic mass is 32.2. The molecule has 1 aromatic heterocycles. The number of amides is 1. The van der Waals surface area contributed by atoms with Gasteiger partial charge in [-0.15, -0.1) is 0 Å². The number of piperazine rings is 1. The third-order valence-electron chi connectivity index (χ3n) is 5.72. The highest BCUT2D eigenvalue weighted by Gasteiger charge is 2.26. The molecular weight excluding hydrogens is 392 g/mol. The van der Waals surface area contributed by atoms with Crippen LogP contribution in [0.15, 0.2) is 66.1 Å². The molecule has 4 rings (SSSR count). The van der Waals surface area contributed by atoms with E-state index in [9.17, 15) is 4.79 Å². The minimum Gasteiger partial charge on any atom is -0.368 e. The van der Waals surface area contributed by atoms with E-state index in [-0.39, 0.29) is 11.2 Å². The molecule has 6 heteroatoms. The molecule has 1 amide bonds. The summed E-state index contributed by atoms with van der Waals surface area (Å²) in [5.74, 6) is 0.183. The van der Waals surface area contributed by atoms with Crippen LogP contribution in [-0.2, 0) is 4.79 Å². The molecule has 1 saturated heterocycles. The van der Waals surface area contributed by atoms with Gasteiger partial charge in [0.25, 0.3) is 0 Å². The Kier molecular flexibility index (Phi) is 6.13. The van der Waals surface area contributed by atoms with Crippen molar-refractivity contribution in [1.29, 1.82) is 0 Å². The fourth-order valence-electron chi connectivity index (χ4n) is 3.74. The summed E-state index contributed by atoms with van der Waals surface area (Å²) < 4.78 is 2.06. The van der Waals surface area contributed by atoms with Crippen molar-refractivity contribution in [3.8, 4) is 5.69 Å². The predicted octanol–water partition coefficient (Wildman–Crippen LogP) is 4.32. The van der Waals surface area contributed by atoms with E-state index in [0.29, 0.717) is 0 Å². The molecule has 3 aromatic rings.